The lowest BCUT2D eigenvalue weighted by molar-refractivity contribution is -0.139. The Morgan fingerprint density at radius 1 is 1.00 bits per heavy atom. The van der Waals surface area contributed by atoms with Crippen molar-refractivity contribution in [2.24, 2.45) is 0 Å². The molecule has 0 atom stereocenters. The van der Waals surface area contributed by atoms with Crippen LogP contribution in [0.5, 0.6) is 0 Å². The first-order valence-corrected chi connectivity index (χ1v) is 8.49. The summed E-state index contributed by atoms with van der Waals surface area (Å²) in [5.74, 6) is -1.47. The summed E-state index contributed by atoms with van der Waals surface area (Å²) in [4.78, 5) is -0.163. The van der Waals surface area contributed by atoms with E-state index in [9.17, 15) is 26.0 Å². The van der Waals surface area contributed by atoms with Gasteiger partial charge in [0, 0.05) is 0 Å². The number of rotatable bonds is 4. The molecule has 2 aromatic carbocycles. The summed E-state index contributed by atoms with van der Waals surface area (Å²) in [5, 5.41) is 0. The highest BCUT2D eigenvalue weighted by Crippen LogP contribution is 2.34. The third kappa shape index (κ3) is 3.87. The summed E-state index contributed by atoms with van der Waals surface area (Å²) in [5.41, 5.74) is -1.38. The molecule has 8 heteroatoms. The van der Waals surface area contributed by atoms with Crippen LogP contribution in [0.3, 0.4) is 0 Å². The molecule has 0 saturated heterocycles. The largest absolute Gasteiger partial charge is 0.419 e. The van der Waals surface area contributed by atoms with Crippen molar-refractivity contribution >= 4 is 15.7 Å². The smallest absolute Gasteiger partial charge is 0.277 e. The zero-order valence-electron chi connectivity index (χ0n) is 12.9. The van der Waals surface area contributed by atoms with Gasteiger partial charge in [-0.05, 0) is 35.7 Å². The number of sulfonamides is 1. The molecule has 0 unspecified atom stereocenters. The summed E-state index contributed by atoms with van der Waals surface area (Å²) < 4.78 is 78.3. The predicted molar refractivity (Wildman–Crippen MR) is 82.7 cm³/mol. The van der Waals surface area contributed by atoms with Crippen molar-refractivity contribution < 1.29 is 26.0 Å². The van der Waals surface area contributed by atoms with E-state index in [0.717, 1.165) is 17.7 Å². The quantitative estimate of drug-likeness (QED) is 0.798. The molecule has 0 bridgehead atoms. The zero-order chi connectivity index (χ0) is 18.1. The first kappa shape index (κ1) is 18.3. The molecule has 1 N–H and O–H groups in total. The van der Waals surface area contributed by atoms with Crippen molar-refractivity contribution in [3.05, 3.63) is 59.4 Å². The Morgan fingerprint density at radius 3 is 2.08 bits per heavy atom. The Morgan fingerprint density at radius 2 is 1.58 bits per heavy atom. The van der Waals surface area contributed by atoms with Crippen LogP contribution in [0.1, 0.15) is 30.9 Å². The molecule has 0 aliphatic heterocycles. The highest BCUT2D eigenvalue weighted by Gasteiger charge is 2.35. The van der Waals surface area contributed by atoms with Gasteiger partial charge in [0.15, 0.2) is 5.82 Å². The second-order valence-corrected chi connectivity index (χ2v) is 7.18. The fraction of sp³-hybridized carbons (Fsp3) is 0.250. The van der Waals surface area contributed by atoms with Gasteiger partial charge in [-0.1, -0.05) is 32.0 Å². The Balaban J connectivity index is 2.36. The van der Waals surface area contributed by atoms with Gasteiger partial charge in [-0.3, -0.25) is 4.72 Å². The van der Waals surface area contributed by atoms with E-state index in [-0.39, 0.29) is 10.8 Å². The van der Waals surface area contributed by atoms with E-state index in [1.807, 2.05) is 18.6 Å². The standard InChI is InChI=1S/C16H15F4NO2S/c1-10(2)11-6-8-12(9-7-11)24(22,23)21-14-5-3-4-13(15(14)17)16(18,19)20/h3-10,21H,1-2H3. The molecule has 130 valence electrons. The Kier molecular flexibility index (Phi) is 4.89. The van der Waals surface area contributed by atoms with Crippen molar-refractivity contribution in [3.8, 4) is 0 Å². The number of anilines is 1. The maximum Gasteiger partial charge on any atom is 0.419 e. The Bertz CT molecular complexity index is 828. The lowest BCUT2D eigenvalue weighted by Crippen LogP contribution is -2.16. The number of halogens is 4. The van der Waals surface area contributed by atoms with Crippen molar-refractivity contribution in [1.82, 2.24) is 0 Å². The minimum Gasteiger partial charge on any atom is -0.277 e. The highest BCUT2D eigenvalue weighted by molar-refractivity contribution is 7.92. The molecule has 0 aliphatic carbocycles. The van der Waals surface area contributed by atoms with Crippen LogP contribution >= 0.6 is 0 Å². The minimum atomic E-state index is -4.91. The van der Waals surface area contributed by atoms with Crippen LogP contribution in [0.4, 0.5) is 23.2 Å². The SMILES string of the molecule is CC(C)c1ccc(S(=O)(=O)Nc2cccc(C(F)(F)F)c2F)cc1. The van der Waals surface area contributed by atoms with Crippen molar-refractivity contribution in [3.63, 3.8) is 0 Å². The average molecular weight is 361 g/mol. The van der Waals surface area contributed by atoms with Gasteiger partial charge in [0.1, 0.15) is 0 Å². The Labute approximate surface area is 137 Å². The monoisotopic (exact) mass is 361 g/mol. The van der Waals surface area contributed by atoms with Gasteiger partial charge >= 0.3 is 6.18 Å². The summed E-state index contributed by atoms with van der Waals surface area (Å²) in [6, 6.07) is 8.26. The molecule has 24 heavy (non-hydrogen) atoms. The molecule has 0 radical (unpaired) electrons. The van der Waals surface area contributed by atoms with E-state index >= 15 is 0 Å². The molecule has 0 aliphatic rings. The first-order chi connectivity index (χ1) is 11.0. The molecule has 0 heterocycles. The maximum atomic E-state index is 13.9. The maximum absolute atomic E-state index is 13.9. The molecular weight excluding hydrogens is 346 g/mol. The van der Waals surface area contributed by atoms with Crippen LogP contribution < -0.4 is 4.72 Å². The van der Waals surface area contributed by atoms with Crippen LogP contribution in [0.15, 0.2) is 47.4 Å². The number of benzene rings is 2. The summed E-state index contributed by atoms with van der Waals surface area (Å²) in [7, 11) is -4.20. The molecule has 0 fully saturated rings. The van der Waals surface area contributed by atoms with E-state index in [1.165, 1.54) is 12.1 Å². The number of hydrogen-bond donors (Lipinski definition) is 1. The van der Waals surface area contributed by atoms with Gasteiger partial charge in [0.05, 0.1) is 16.1 Å². The van der Waals surface area contributed by atoms with Gasteiger partial charge in [-0.2, -0.15) is 13.2 Å². The van der Waals surface area contributed by atoms with E-state index in [1.54, 1.807) is 12.1 Å². The average Bonchev–Trinajstić information content (AvgIpc) is 2.48. The fourth-order valence-corrected chi connectivity index (χ4v) is 3.12. The second kappa shape index (κ2) is 6.43. The second-order valence-electron chi connectivity index (χ2n) is 5.49. The topological polar surface area (TPSA) is 46.2 Å². The van der Waals surface area contributed by atoms with Gasteiger partial charge in [0.2, 0.25) is 0 Å². The molecule has 0 amide bonds. The molecule has 2 aromatic rings. The third-order valence-electron chi connectivity index (χ3n) is 3.41. The van der Waals surface area contributed by atoms with E-state index in [4.69, 9.17) is 0 Å². The molecule has 2 rings (SSSR count). The number of nitrogens with one attached hydrogen (secondary N) is 1. The minimum absolute atomic E-state index is 0.163. The summed E-state index contributed by atoms with van der Waals surface area (Å²) >= 11 is 0. The first-order valence-electron chi connectivity index (χ1n) is 7.01. The number of alkyl halides is 3. The fourth-order valence-electron chi connectivity index (χ4n) is 2.07. The van der Waals surface area contributed by atoms with Crippen LogP contribution in [0.2, 0.25) is 0 Å². The van der Waals surface area contributed by atoms with Crippen LogP contribution in [0, 0.1) is 5.82 Å². The molecule has 0 saturated carbocycles. The van der Waals surface area contributed by atoms with Crippen LogP contribution in [0.25, 0.3) is 0 Å². The lowest BCUT2D eigenvalue weighted by Gasteiger charge is -2.13. The zero-order valence-corrected chi connectivity index (χ0v) is 13.7. The molecule has 3 nitrogen and oxygen atoms in total. The van der Waals surface area contributed by atoms with Crippen LogP contribution in [-0.4, -0.2) is 8.42 Å². The summed E-state index contributed by atoms with van der Waals surface area (Å²) in [6.45, 7) is 3.86. The van der Waals surface area contributed by atoms with Crippen molar-refractivity contribution in [2.75, 3.05) is 4.72 Å². The van der Waals surface area contributed by atoms with Gasteiger partial charge in [0.25, 0.3) is 10.0 Å². The molecule has 0 aromatic heterocycles. The van der Waals surface area contributed by atoms with Crippen molar-refractivity contribution in [1.29, 1.82) is 0 Å². The van der Waals surface area contributed by atoms with E-state index in [2.05, 4.69) is 0 Å². The van der Waals surface area contributed by atoms with Crippen molar-refractivity contribution in [2.45, 2.75) is 30.8 Å². The highest BCUT2D eigenvalue weighted by atomic mass is 32.2. The van der Waals surface area contributed by atoms with Gasteiger partial charge < -0.3 is 0 Å². The Hall–Kier alpha value is -2.09. The third-order valence-corrected chi connectivity index (χ3v) is 4.79. The van der Waals surface area contributed by atoms with E-state index < -0.39 is 33.3 Å². The summed E-state index contributed by atoms with van der Waals surface area (Å²) in [6.07, 6.45) is -4.91. The van der Waals surface area contributed by atoms with Gasteiger partial charge in [-0.25, -0.2) is 12.8 Å². The van der Waals surface area contributed by atoms with E-state index in [0.29, 0.717) is 6.07 Å². The van der Waals surface area contributed by atoms with Crippen LogP contribution in [-0.2, 0) is 16.2 Å². The predicted octanol–water partition coefficient (Wildman–Crippen LogP) is 4.77. The lowest BCUT2D eigenvalue weighted by atomic mass is 10.0. The molecule has 0 spiro atoms. The molecular formula is C16H15F4NO2S. The number of hydrogen-bond acceptors (Lipinski definition) is 2. The van der Waals surface area contributed by atoms with Gasteiger partial charge in [-0.15, -0.1) is 0 Å². The normalized spacial score (nSPS) is 12.5.